The Morgan fingerprint density at radius 2 is 1.94 bits per heavy atom. The van der Waals surface area contributed by atoms with Gasteiger partial charge in [-0.3, -0.25) is 4.79 Å². The molecule has 0 aliphatic heterocycles. The maximum Gasteiger partial charge on any atom is 0.309 e. The van der Waals surface area contributed by atoms with Crippen LogP contribution in [0.3, 0.4) is 0 Å². The van der Waals surface area contributed by atoms with Gasteiger partial charge < -0.3 is 9.47 Å². The summed E-state index contributed by atoms with van der Waals surface area (Å²) >= 11 is 0. The molecule has 0 unspecified atom stereocenters. The van der Waals surface area contributed by atoms with Crippen LogP contribution in [0.2, 0.25) is 0 Å². The molecule has 1 aromatic rings. The fourth-order valence-electron chi connectivity index (χ4n) is 1.58. The van der Waals surface area contributed by atoms with E-state index in [9.17, 15) is 4.79 Å². The molecule has 86 valence electrons. The lowest BCUT2D eigenvalue weighted by Gasteiger charge is -2.22. The monoisotopic (exact) mass is 220 g/mol. The van der Waals surface area contributed by atoms with Gasteiger partial charge in [-0.05, 0) is 25.0 Å². The Morgan fingerprint density at radius 3 is 2.56 bits per heavy atom. The van der Waals surface area contributed by atoms with E-state index in [1.165, 1.54) is 0 Å². The maximum absolute atomic E-state index is 11.4. The first-order valence-corrected chi connectivity index (χ1v) is 5.71. The molecule has 0 N–H and O–H groups in total. The molecule has 0 radical (unpaired) electrons. The summed E-state index contributed by atoms with van der Waals surface area (Å²) in [6.07, 6.45) is 3.12. The zero-order valence-electron chi connectivity index (χ0n) is 9.22. The van der Waals surface area contributed by atoms with Gasteiger partial charge in [0.1, 0.15) is 19.0 Å². The van der Waals surface area contributed by atoms with Gasteiger partial charge >= 0.3 is 5.97 Å². The third-order valence-corrected chi connectivity index (χ3v) is 2.78. The lowest BCUT2D eigenvalue weighted by molar-refractivity contribution is -0.152. The van der Waals surface area contributed by atoms with Crippen molar-refractivity contribution in [2.75, 3.05) is 13.2 Å². The van der Waals surface area contributed by atoms with E-state index in [4.69, 9.17) is 9.47 Å². The van der Waals surface area contributed by atoms with Crippen molar-refractivity contribution in [3.63, 3.8) is 0 Å². The fourth-order valence-corrected chi connectivity index (χ4v) is 1.58. The first-order valence-electron chi connectivity index (χ1n) is 5.71. The van der Waals surface area contributed by atoms with Crippen LogP contribution < -0.4 is 4.74 Å². The average Bonchev–Trinajstić information content (AvgIpc) is 2.23. The molecule has 0 bridgehead atoms. The van der Waals surface area contributed by atoms with Crippen molar-refractivity contribution < 1.29 is 14.3 Å². The molecule has 1 saturated carbocycles. The third-order valence-electron chi connectivity index (χ3n) is 2.78. The number of para-hydroxylation sites is 1. The molecule has 1 aliphatic rings. The molecule has 0 heterocycles. The first kappa shape index (κ1) is 11.0. The van der Waals surface area contributed by atoms with Crippen LogP contribution in [0.1, 0.15) is 19.3 Å². The Hall–Kier alpha value is -1.51. The molecule has 0 atom stereocenters. The average molecular weight is 220 g/mol. The van der Waals surface area contributed by atoms with Crippen molar-refractivity contribution in [1.29, 1.82) is 0 Å². The number of carbonyl (C=O) groups is 1. The van der Waals surface area contributed by atoms with Gasteiger partial charge in [0.05, 0.1) is 5.92 Å². The van der Waals surface area contributed by atoms with E-state index in [0.29, 0.717) is 13.2 Å². The minimum Gasteiger partial charge on any atom is -0.490 e. The quantitative estimate of drug-likeness (QED) is 0.564. The molecule has 0 aromatic heterocycles. The lowest BCUT2D eigenvalue weighted by atomic mass is 9.86. The molecule has 1 aromatic carbocycles. The molecular formula is C13H16O3. The van der Waals surface area contributed by atoms with Crippen molar-refractivity contribution in [2.45, 2.75) is 19.3 Å². The molecule has 0 spiro atoms. The third kappa shape index (κ3) is 2.99. The van der Waals surface area contributed by atoms with E-state index in [1.54, 1.807) is 0 Å². The molecule has 3 nitrogen and oxygen atoms in total. The number of ether oxygens (including phenoxy) is 2. The highest BCUT2D eigenvalue weighted by Crippen LogP contribution is 2.27. The molecule has 16 heavy (non-hydrogen) atoms. The number of rotatable bonds is 5. The minimum atomic E-state index is -0.0667. The van der Waals surface area contributed by atoms with Crippen LogP contribution in [0.4, 0.5) is 0 Å². The second-order valence-electron chi connectivity index (χ2n) is 3.96. The van der Waals surface area contributed by atoms with Gasteiger partial charge in [-0.25, -0.2) is 0 Å². The summed E-state index contributed by atoms with van der Waals surface area (Å²) < 4.78 is 10.5. The molecule has 3 heteroatoms. The summed E-state index contributed by atoms with van der Waals surface area (Å²) in [5, 5.41) is 0. The van der Waals surface area contributed by atoms with Gasteiger partial charge in [-0.2, -0.15) is 0 Å². The molecule has 1 fully saturated rings. The van der Waals surface area contributed by atoms with E-state index in [2.05, 4.69) is 0 Å². The topological polar surface area (TPSA) is 35.5 Å². The molecule has 0 saturated heterocycles. The van der Waals surface area contributed by atoms with E-state index in [0.717, 1.165) is 25.0 Å². The van der Waals surface area contributed by atoms with Gasteiger partial charge in [0, 0.05) is 0 Å². The SMILES string of the molecule is O=C(OCCOc1ccccc1)C1CCC1. The van der Waals surface area contributed by atoms with Crippen molar-refractivity contribution in [3.8, 4) is 5.75 Å². The fraction of sp³-hybridized carbons (Fsp3) is 0.462. The van der Waals surface area contributed by atoms with Crippen molar-refractivity contribution in [2.24, 2.45) is 5.92 Å². The highest BCUT2D eigenvalue weighted by Gasteiger charge is 2.26. The normalized spacial score (nSPS) is 15.2. The maximum atomic E-state index is 11.4. The van der Waals surface area contributed by atoms with E-state index in [1.807, 2.05) is 30.3 Å². The van der Waals surface area contributed by atoms with E-state index >= 15 is 0 Å². The zero-order valence-corrected chi connectivity index (χ0v) is 9.22. The van der Waals surface area contributed by atoms with Crippen molar-refractivity contribution in [3.05, 3.63) is 30.3 Å². The Morgan fingerprint density at radius 1 is 1.19 bits per heavy atom. The van der Waals surface area contributed by atoms with Crippen LogP contribution in [0.5, 0.6) is 5.75 Å². The summed E-state index contributed by atoms with van der Waals surface area (Å²) in [7, 11) is 0. The largest absolute Gasteiger partial charge is 0.490 e. The summed E-state index contributed by atoms with van der Waals surface area (Å²) in [5.41, 5.74) is 0. The van der Waals surface area contributed by atoms with Crippen LogP contribution in [0.15, 0.2) is 30.3 Å². The molecular weight excluding hydrogens is 204 g/mol. The predicted octanol–water partition coefficient (Wildman–Crippen LogP) is 2.41. The Balaban J connectivity index is 1.60. The van der Waals surface area contributed by atoms with Crippen LogP contribution in [0.25, 0.3) is 0 Å². The Labute approximate surface area is 95.4 Å². The Kier molecular flexibility index (Phi) is 3.81. The summed E-state index contributed by atoms with van der Waals surface area (Å²) in [4.78, 5) is 11.4. The van der Waals surface area contributed by atoms with Crippen LogP contribution in [0, 0.1) is 5.92 Å². The lowest BCUT2D eigenvalue weighted by Crippen LogP contribution is -2.25. The van der Waals surface area contributed by atoms with Crippen LogP contribution >= 0.6 is 0 Å². The molecule has 2 rings (SSSR count). The standard InChI is InChI=1S/C13H16O3/c14-13(11-5-4-6-11)16-10-9-15-12-7-2-1-3-8-12/h1-3,7-8,11H,4-6,9-10H2. The second kappa shape index (κ2) is 5.54. The van der Waals surface area contributed by atoms with Crippen LogP contribution in [-0.2, 0) is 9.53 Å². The van der Waals surface area contributed by atoms with Gasteiger partial charge in [-0.15, -0.1) is 0 Å². The second-order valence-corrected chi connectivity index (χ2v) is 3.96. The predicted molar refractivity (Wildman–Crippen MR) is 60.2 cm³/mol. The van der Waals surface area contributed by atoms with E-state index in [-0.39, 0.29) is 11.9 Å². The van der Waals surface area contributed by atoms with Gasteiger partial charge in [-0.1, -0.05) is 24.6 Å². The van der Waals surface area contributed by atoms with E-state index < -0.39 is 0 Å². The highest BCUT2D eigenvalue weighted by molar-refractivity contribution is 5.73. The van der Waals surface area contributed by atoms with Crippen molar-refractivity contribution in [1.82, 2.24) is 0 Å². The number of hydrogen-bond acceptors (Lipinski definition) is 3. The van der Waals surface area contributed by atoms with Crippen LogP contribution in [-0.4, -0.2) is 19.2 Å². The summed E-state index contributed by atoms with van der Waals surface area (Å²) in [6, 6.07) is 9.52. The summed E-state index contributed by atoms with van der Waals surface area (Å²) in [5.74, 6) is 0.891. The molecule has 1 aliphatic carbocycles. The van der Waals surface area contributed by atoms with Gasteiger partial charge in [0.25, 0.3) is 0 Å². The van der Waals surface area contributed by atoms with Gasteiger partial charge in [0.2, 0.25) is 0 Å². The first-order chi connectivity index (χ1) is 7.86. The smallest absolute Gasteiger partial charge is 0.309 e. The zero-order chi connectivity index (χ0) is 11.2. The van der Waals surface area contributed by atoms with Crippen molar-refractivity contribution >= 4 is 5.97 Å². The number of benzene rings is 1. The Bertz CT molecular complexity index is 330. The minimum absolute atomic E-state index is 0.0667. The summed E-state index contributed by atoms with van der Waals surface area (Å²) in [6.45, 7) is 0.757. The highest BCUT2D eigenvalue weighted by atomic mass is 16.6. The molecule has 0 amide bonds. The number of esters is 1. The number of carbonyl (C=O) groups excluding carboxylic acids is 1. The van der Waals surface area contributed by atoms with Gasteiger partial charge in [0.15, 0.2) is 0 Å². The number of hydrogen-bond donors (Lipinski definition) is 0.